The number of hydrogen-bond donors (Lipinski definition) is 3. The van der Waals surface area contributed by atoms with Crippen LogP contribution in [0.5, 0.6) is 0 Å². The predicted molar refractivity (Wildman–Crippen MR) is 67.2 cm³/mol. The lowest BCUT2D eigenvalue weighted by Gasteiger charge is -2.06. The molecular formula is C12H11N3O4. The van der Waals surface area contributed by atoms with Crippen LogP contribution in [0.25, 0.3) is 10.9 Å². The van der Waals surface area contributed by atoms with Crippen molar-refractivity contribution in [3.8, 4) is 0 Å². The normalized spacial score (nSPS) is 10.3. The zero-order valence-corrected chi connectivity index (χ0v) is 9.80. The van der Waals surface area contributed by atoms with Crippen LogP contribution in [-0.4, -0.2) is 23.4 Å². The highest BCUT2D eigenvalue weighted by Gasteiger charge is 2.11. The number of hydrogen-bond acceptors (Lipinski definition) is 4. The lowest BCUT2D eigenvalue weighted by atomic mass is 10.1. The first kappa shape index (κ1) is 12.8. The first-order valence-corrected chi connectivity index (χ1v) is 5.40. The molecule has 0 spiro atoms. The Morgan fingerprint density at radius 3 is 2.79 bits per heavy atom. The summed E-state index contributed by atoms with van der Waals surface area (Å²) in [4.78, 5) is 41.0. The molecule has 1 aromatic heterocycles. The van der Waals surface area contributed by atoms with E-state index < -0.39 is 24.0 Å². The Balaban J connectivity index is 2.31. The van der Waals surface area contributed by atoms with Gasteiger partial charge in [0.1, 0.15) is 0 Å². The maximum atomic E-state index is 11.9. The highest BCUT2D eigenvalue weighted by atomic mass is 16.7. The van der Waals surface area contributed by atoms with E-state index in [1.165, 1.54) is 0 Å². The summed E-state index contributed by atoms with van der Waals surface area (Å²) in [5.74, 6) is -1.33. The van der Waals surface area contributed by atoms with E-state index in [1.807, 2.05) is 0 Å². The molecule has 0 aliphatic heterocycles. The van der Waals surface area contributed by atoms with Gasteiger partial charge in [-0.25, -0.2) is 5.48 Å². The minimum Gasteiger partial charge on any atom is -0.368 e. The number of nitrogens with one attached hydrogen (secondary N) is 2. The van der Waals surface area contributed by atoms with Crippen LogP contribution in [-0.2, 0) is 9.63 Å². The van der Waals surface area contributed by atoms with Crippen LogP contribution in [0.15, 0.2) is 35.1 Å². The van der Waals surface area contributed by atoms with Crippen molar-refractivity contribution in [1.82, 2.24) is 10.5 Å². The second-order valence-electron chi connectivity index (χ2n) is 3.78. The van der Waals surface area contributed by atoms with Crippen LogP contribution in [0.1, 0.15) is 10.4 Å². The van der Waals surface area contributed by atoms with Gasteiger partial charge in [0.2, 0.25) is 11.5 Å². The van der Waals surface area contributed by atoms with E-state index in [4.69, 9.17) is 5.73 Å². The number of carbonyl (C=O) groups is 2. The summed E-state index contributed by atoms with van der Waals surface area (Å²) < 4.78 is 0. The molecule has 1 aromatic carbocycles. The van der Waals surface area contributed by atoms with Gasteiger partial charge in [-0.2, -0.15) is 0 Å². The number of para-hydroxylation sites is 1. The Morgan fingerprint density at radius 1 is 1.32 bits per heavy atom. The number of nitrogens with two attached hydrogens (primary N) is 1. The monoisotopic (exact) mass is 261 g/mol. The Morgan fingerprint density at radius 2 is 2.05 bits per heavy atom. The Hall–Kier alpha value is -2.67. The van der Waals surface area contributed by atoms with E-state index >= 15 is 0 Å². The number of amides is 2. The van der Waals surface area contributed by atoms with Crippen molar-refractivity contribution in [3.05, 3.63) is 46.2 Å². The van der Waals surface area contributed by atoms with E-state index in [2.05, 4.69) is 15.3 Å². The molecule has 4 N–H and O–H groups in total. The molecule has 0 bridgehead atoms. The van der Waals surface area contributed by atoms with Crippen LogP contribution in [0.4, 0.5) is 0 Å². The summed E-state index contributed by atoms with van der Waals surface area (Å²) in [5, 5.41) is 0.572. The Labute approximate surface area is 107 Å². The summed E-state index contributed by atoms with van der Waals surface area (Å²) >= 11 is 0. The van der Waals surface area contributed by atoms with Crippen LogP contribution in [0.2, 0.25) is 0 Å². The molecule has 7 heteroatoms. The number of fused-ring (bicyclic) bond motifs is 1. The van der Waals surface area contributed by atoms with Crippen LogP contribution < -0.4 is 16.8 Å². The zero-order chi connectivity index (χ0) is 13.8. The number of H-pyrrole nitrogens is 1. The molecule has 0 atom stereocenters. The van der Waals surface area contributed by atoms with Crippen molar-refractivity contribution in [2.24, 2.45) is 5.73 Å². The number of rotatable bonds is 4. The fourth-order valence-electron chi connectivity index (χ4n) is 1.62. The number of carbonyl (C=O) groups excluding carboxylic acids is 2. The Kier molecular flexibility index (Phi) is 3.58. The van der Waals surface area contributed by atoms with E-state index in [0.717, 1.165) is 6.07 Å². The van der Waals surface area contributed by atoms with Gasteiger partial charge in [-0.15, -0.1) is 0 Å². The minimum atomic E-state index is -0.712. The van der Waals surface area contributed by atoms with Crippen molar-refractivity contribution in [3.63, 3.8) is 0 Å². The highest BCUT2D eigenvalue weighted by molar-refractivity contribution is 6.05. The third-order valence-corrected chi connectivity index (χ3v) is 2.37. The highest BCUT2D eigenvalue weighted by Crippen LogP contribution is 2.14. The molecule has 0 radical (unpaired) electrons. The molecule has 19 heavy (non-hydrogen) atoms. The van der Waals surface area contributed by atoms with Crippen molar-refractivity contribution in [2.75, 3.05) is 6.61 Å². The van der Waals surface area contributed by atoms with Gasteiger partial charge in [0.05, 0.1) is 5.56 Å². The second-order valence-corrected chi connectivity index (χ2v) is 3.78. The SMILES string of the molecule is NC(=O)CONC(=O)c1cc(=O)[nH]c2ccccc12. The fraction of sp³-hybridized carbons (Fsp3) is 0.0833. The quantitative estimate of drug-likeness (QED) is 0.654. The molecule has 0 saturated carbocycles. The van der Waals surface area contributed by atoms with Gasteiger partial charge in [0.15, 0.2) is 6.61 Å². The third kappa shape index (κ3) is 2.96. The van der Waals surface area contributed by atoms with Gasteiger partial charge in [-0.3, -0.25) is 19.2 Å². The lowest BCUT2D eigenvalue weighted by molar-refractivity contribution is -0.124. The maximum Gasteiger partial charge on any atom is 0.275 e. The molecule has 2 rings (SSSR count). The molecule has 0 aliphatic carbocycles. The number of aromatic amines is 1. The standard InChI is InChI=1S/C12H11N3O4/c13-10(16)6-19-15-12(18)8-5-11(17)14-9-4-2-1-3-7(8)9/h1-5H,6H2,(H2,13,16)(H,14,17)(H,15,18). The molecule has 0 aliphatic rings. The maximum absolute atomic E-state index is 11.9. The van der Waals surface area contributed by atoms with Crippen LogP contribution in [0.3, 0.4) is 0 Å². The van der Waals surface area contributed by atoms with E-state index in [0.29, 0.717) is 10.9 Å². The predicted octanol–water partition coefficient (Wildman–Crippen LogP) is -0.325. The van der Waals surface area contributed by atoms with Gasteiger partial charge < -0.3 is 10.7 Å². The molecule has 98 valence electrons. The van der Waals surface area contributed by atoms with Gasteiger partial charge in [-0.1, -0.05) is 18.2 Å². The molecular weight excluding hydrogens is 250 g/mol. The number of pyridine rings is 1. The van der Waals surface area contributed by atoms with Crippen molar-refractivity contribution in [1.29, 1.82) is 0 Å². The fourth-order valence-corrected chi connectivity index (χ4v) is 1.62. The number of benzene rings is 1. The van der Waals surface area contributed by atoms with E-state index in [-0.39, 0.29) is 5.56 Å². The van der Waals surface area contributed by atoms with Crippen molar-refractivity contribution < 1.29 is 14.4 Å². The molecule has 1 heterocycles. The van der Waals surface area contributed by atoms with Gasteiger partial charge in [0.25, 0.3) is 5.91 Å². The number of primary amides is 1. The topological polar surface area (TPSA) is 114 Å². The molecule has 0 unspecified atom stereocenters. The molecule has 0 saturated heterocycles. The van der Waals surface area contributed by atoms with E-state index in [1.54, 1.807) is 24.3 Å². The van der Waals surface area contributed by atoms with Crippen LogP contribution >= 0.6 is 0 Å². The molecule has 2 amide bonds. The number of aromatic nitrogens is 1. The van der Waals surface area contributed by atoms with Crippen molar-refractivity contribution in [2.45, 2.75) is 0 Å². The largest absolute Gasteiger partial charge is 0.368 e. The smallest absolute Gasteiger partial charge is 0.275 e. The summed E-state index contributed by atoms with van der Waals surface area (Å²) in [7, 11) is 0. The van der Waals surface area contributed by atoms with Gasteiger partial charge in [0, 0.05) is 17.0 Å². The average molecular weight is 261 g/mol. The summed E-state index contributed by atoms with van der Waals surface area (Å²) in [6.45, 7) is -0.438. The van der Waals surface area contributed by atoms with Crippen molar-refractivity contribution >= 4 is 22.7 Å². The van der Waals surface area contributed by atoms with Gasteiger partial charge >= 0.3 is 0 Å². The van der Waals surface area contributed by atoms with E-state index in [9.17, 15) is 14.4 Å². The first-order chi connectivity index (χ1) is 9.08. The average Bonchev–Trinajstić information content (AvgIpc) is 2.37. The Bertz CT molecular complexity index is 693. The minimum absolute atomic E-state index is 0.156. The lowest BCUT2D eigenvalue weighted by Crippen LogP contribution is -2.30. The molecule has 7 nitrogen and oxygen atoms in total. The summed E-state index contributed by atoms with van der Waals surface area (Å²) in [6.07, 6.45) is 0. The summed E-state index contributed by atoms with van der Waals surface area (Å²) in [5.41, 5.74) is 7.21. The van der Waals surface area contributed by atoms with Crippen LogP contribution in [0, 0.1) is 0 Å². The molecule has 0 fully saturated rings. The zero-order valence-electron chi connectivity index (χ0n) is 9.80. The van der Waals surface area contributed by atoms with Gasteiger partial charge in [-0.05, 0) is 6.07 Å². The number of hydroxylamine groups is 1. The summed E-state index contributed by atoms with van der Waals surface area (Å²) in [6, 6.07) is 8.00. The first-order valence-electron chi connectivity index (χ1n) is 5.40. The molecule has 2 aromatic rings. The third-order valence-electron chi connectivity index (χ3n) is 2.37. The second kappa shape index (κ2) is 5.32.